The summed E-state index contributed by atoms with van der Waals surface area (Å²) in [4.78, 5) is 14.3. The highest BCUT2D eigenvalue weighted by molar-refractivity contribution is 6.09. The van der Waals surface area contributed by atoms with Crippen molar-refractivity contribution in [2.24, 2.45) is 0 Å². The van der Waals surface area contributed by atoms with Gasteiger partial charge in [0.1, 0.15) is 5.82 Å². The fraction of sp³-hybridized carbons (Fsp3) is 0. The zero-order valence-electron chi connectivity index (χ0n) is 23.6. The molecule has 3 aromatic heterocycles. The first-order valence-corrected chi connectivity index (χ1v) is 14.5. The first-order chi connectivity index (χ1) is 21.7. The Balaban J connectivity index is 1.22. The van der Waals surface area contributed by atoms with Crippen molar-refractivity contribution >= 4 is 21.8 Å². The molecule has 0 bridgehead atoms. The predicted molar refractivity (Wildman–Crippen MR) is 176 cm³/mol. The van der Waals surface area contributed by atoms with Gasteiger partial charge in [0.05, 0.1) is 28.1 Å². The third-order valence-electron chi connectivity index (χ3n) is 7.97. The van der Waals surface area contributed by atoms with Crippen LogP contribution in [0.25, 0.3) is 72.7 Å². The van der Waals surface area contributed by atoms with Gasteiger partial charge < -0.3 is 4.57 Å². The molecule has 5 heteroatoms. The minimum Gasteiger partial charge on any atom is -0.309 e. The first-order valence-electron chi connectivity index (χ1n) is 14.5. The van der Waals surface area contributed by atoms with E-state index < -0.39 is 0 Å². The van der Waals surface area contributed by atoms with Gasteiger partial charge in [-0.2, -0.15) is 0 Å². The van der Waals surface area contributed by atoms with E-state index in [9.17, 15) is 4.39 Å². The second kappa shape index (κ2) is 10.7. The van der Waals surface area contributed by atoms with Crippen molar-refractivity contribution < 1.29 is 4.39 Å². The number of aromatic nitrogens is 4. The standard InChI is InChI=1S/C39H25FN4/c40-30-20-16-29(17-21-30)39-42-35(27-14-12-26(13-15-27)34-9-5-6-24-41-34)25-36(43-39)28-18-22-31(23-19-28)44-37-10-3-1-7-32(37)33-8-2-4-11-38(33)44/h1-25H. The van der Waals surface area contributed by atoms with Gasteiger partial charge in [-0.3, -0.25) is 4.98 Å². The van der Waals surface area contributed by atoms with Crippen molar-refractivity contribution in [3.63, 3.8) is 0 Å². The highest BCUT2D eigenvalue weighted by Crippen LogP contribution is 2.33. The average molecular weight is 569 g/mol. The molecule has 0 saturated carbocycles. The maximum Gasteiger partial charge on any atom is 0.160 e. The minimum atomic E-state index is -0.295. The van der Waals surface area contributed by atoms with Crippen LogP contribution in [0.5, 0.6) is 0 Å². The molecule has 0 saturated heterocycles. The molecule has 208 valence electrons. The van der Waals surface area contributed by atoms with Gasteiger partial charge >= 0.3 is 0 Å². The van der Waals surface area contributed by atoms with Gasteiger partial charge in [0, 0.05) is 44.9 Å². The fourth-order valence-electron chi connectivity index (χ4n) is 5.80. The molecule has 0 aliphatic carbocycles. The molecule has 4 nitrogen and oxygen atoms in total. The SMILES string of the molecule is Fc1ccc(-c2nc(-c3ccc(-c4ccccn4)cc3)cc(-c3ccc(-n4c5ccccc5c5ccccc54)cc3)n2)cc1. The van der Waals surface area contributed by atoms with Gasteiger partial charge in [0.15, 0.2) is 5.82 Å². The lowest BCUT2D eigenvalue weighted by Crippen LogP contribution is -1.97. The van der Waals surface area contributed by atoms with Crippen LogP contribution in [-0.2, 0) is 0 Å². The van der Waals surface area contributed by atoms with Gasteiger partial charge in [-0.25, -0.2) is 14.4 Å². The Morgan fingerprint density at radius 1 is 0.455 bits per heavy atom. The molecule has 0 N–H and O–H groups in total. The van der Waals surface area contributed by atoms with Gasteiger partial charge in [-0.05, 0) is 66.7 Å². The molecule has 3 heterocycles. The maximum absolute atomic E-state index is 13.8. The largest absolute Gasteiger partial charge is 0.309 e. The Kier molecular flexibility index (Phi) is 6.27. The lowest BCUT2D eigenvalue weighted by Gasteiger charge is -2.12. The lowest BCUT2D eigenvalue weighted by molar-refractivity contribution is 0.628. The lowest BCUT2D eigenvalue weighted by atomic mass is 10.0. The predicted octanol–water partition coefficient (Wildman–Crippen LogP) is 9.78. The molecule has 0 fully saturated rings. The van der Waals surface area contributed by atoms with E-state index in [1.807, 2.05) is 24.3 Å². The molecular weight excluding hydrogens is 543 g/mol. The van der Waals surface area contributed by atoms with E-state index in [1.54, 1.807) is 18.3 Å². The Morgan fingerprint density at radius 2 is 0.955 bits per heavy atom. The summed E-state index contributed by atoms with van der Waals surface area (Å²) in [7, 11) is 0. The third-order valence-corrected chi connectivity index (χ3v) is 7.97. The Bertz CT molecular complexity index is 2200. The van der Waals surface area contributed by atoms with Gasteiger partial charge in [0.2, 0.25) is 0 Å². The Morgan fingerprint density at radius 3 is 1.52 bits per heavy atom. The normalized spacial score (nSPS) is 11.3. The van der Waals surface area contributed by atoms with Crippen LogP contribution in [0.3, 0.4) is 0 Å². The summed E-state index contributed by atoms with van der Waals surface area (Å²) in [5.74, 6) is 0.244. The van der Waals surface area contributed by atoms with Crippen LogP contribution in [0.2, 0.25) is 0 Å². The summed E-state index contributed by atoms with van der Waals surface area (Å²) in [6.45, 7) is 0. The zero-order valence-corrected chi connectivity index (χ0v) is 23.6. The van der Waals surface area contributed by atoms with Crippen molar-refractivity contribution in [3.8, 4) is 50.8 Å². The topological polar surface area (TPSA) is 43.6 Å². The number of hydrogen-bond acceptors (Lipinski definition) is 3. The molecule has 8 rings (SSSR count). The van der Waals surface area contributed by atoms with Crippen molar-refractivity contribution in [3.05, 3.63) is 158 Å². The smallest absolute Gasteiger partial charge is 0.160 e. The number of nitrogens with zero attached hydrogens (tertiary/aromatic N) is 4. The zero-order chi connectivity index (χ0) is 29.5. The molecule has 5 aromatic carbocycles. The van der Waals surface area contributed by atoms with E-state index in [0.717, 1.165) is 45.0 Å². The molecular formula is C39H25FN4. The molecule has 0 spiro atoms. The molecule has 0 unspecified atom stereocenters. The molecule has 0 aliphatic rings. The van der Waals surface area contributed by atoms with Crippen LogP contribution in [0.1, 0.15) is 0 Å². The van der Waals surface area contributed by atoms with Crippen LogP contribution < -0.4 is 0 Å². The molecule has 0 radical (unpaired) electrons. The van der Waals surface area contributed by atoms with Crippen LogP contribution in [0.4, 0.5) is 4.39 Å². The average Bonchev–Trinajstić information content (AvgIpc) is 3.43. The maximum atomic E-state index is 13.8. The summed E-state index contributed by atoms with van der Waals surface area (Å²) in [5, 5.41) is 2.45. The number of benzene rings is 5. The van der Waals surface area contributed by atoms with Crippen LogP contribution >= 0.6 is 0 Å². The van der Waals surface area contributed by atoms with E-state index >= 15 is 0 Å². The summed E-state index contributed by atoms with van der Waals surface area (Å²) in [6, 6.07) is 47.9. The number of halogens is 1. The summed E-state index contributed by atoms with van der Waals surface area (Å²) in [6.07, 6.45) is 1.79. The number of fused-ring (bicyclic) bond motifs is 3. The fourth-order valence-corrected chi connectivity index (χ4v) is 5.80. The Hall–Kier alpha value is -5.94. The molecule has 8 aromatic rings. The highest BCUT2D eigenvalue weighted by atomic mass is 19.1. The number of pyridine rings is 1. The second-order valence-corrected chi connectivity index (χ2v) is 10.7. The molecule has 0 aliphatic heterocycles. The highest BCUT2D eigenvalue weighted by Gasteiger charge is 2.14. The van der Waals surface area contributed by atoms with Crippen LogP contribution in [0.15, 0.2) is 152 Å². The summed E-state index contributed by atoms with van der Waals surface area (Å²) in [5.41, 5.74) is 9.60. The number of para-hydroxylation sites is 2. The number of hydrogen-bond donors (Lipinski definition) is 0. The quantitative estimate of drug-likeness (QED) is 0.208. The van der Waals surface area contributed by atoms with Gasteiger partial charge in [-0.1, -0.05) is 78.9 Å². The first kappa shape index (κ1) is 25.7. The summed E-state index contributed by atoms with van der Waals surface area (Å²) < 4.78 is 16.1. The second-order valence-electron chi connectivity index (χ2n) is 10.7. The van der Waals surface area contributed by atoms with E-state index in [0.29, 0.717) is 5.82 Å². The van der Waals surface area contributed by atoms with Gasteiger partial charge in [0.25, 0.3) is 0 Å². The third kappa shape index (κ3) is 4.61. The van der Waals surface area contributed by atoms with E-state index in [1.165, 1.54) is 33.9 Å². The van der Waals surface area contributed by atoms with Crippen LogP contribution in [0, 0.1) is 5.82 Å². The van der Waals surface area contributed by atoms with Crippen LogP contribution in [-0.4, -0.2) is 19.5 Å². The van der Waals surface area contributed by atoms with Crippen molar-refractivity contribution in [2.45, 2.75) is 0 Å². The van der Waals surface area contributed by atoms with E-state index in [2.05, 4.69) is 107 Å². The Labute approximate surface area is 253 Å². The number of rotatable bonds is 5. The minimum absolute atomic E-state index is 0.295. The van der Waals surface area contributed by atoms with Gasteiger partial charge in [-0.15, -0.1) is 0 Å². The monoisotopic (exact) mass is 568 g/mol. The van der Waals surface area contributed by atoms with Crippen molar-refractivity contribution in [2.75, 3.05) is 0 Å². The molecule has 44 heavy (non-hydrogen) atoms. The van der Waals surface area contributed by atoms with Crippen molar-refractivity contribution in [1.29, 1.82) is 0 Å². The summed E-state index contributed by atoms with van der Waals surface area (Å²) >= 11 is 0. The van der Waals surface area contributed by atoms with E-state index in [4.69, 9.17) is 9.97 Å². The molecule has 0 atom stereocenters. The molecule has 0 amide bonds. The van der Waals surface area contributed by atoms with E-state index in [-0.39, 0.29) is 5.82 Å². The van der Waals surface area contributed by atoms with Crippen molar-refractivity contribution in [1.82, 2.24) is 19.5 Å².